The van der Waals surface area contributed by atoms with Crippen molar-refractivity contribution in [2.24, 2.45) is 5.92 Å². The van der Waals surface area contributed by atoms with Gasteiger partial charge in [-0.15, -0.1) is 10.2 Å². The molecule has 2 fully saturated rings. The van der Waals surface area contributed by atoms with E-state index in [4.69, 9.17) is 0 Å². The highest BCUT2D eigenvalue weighted by atomic mass is 16.2. The molecule has 136 valence electrons. The number of rotatable bonds is 2. The quantitative estimate of drug-likeness (QED) is 0.700. The number of fused-ring (bicyclic) bond motifs is 4. The molecule has 7 heteroatoms. The number of amides is 1. The summed E-state index contributed by atoms with van der Waals surface area (Å²) >= 11 is 0. The van der Waals surface area contributed by atoms with Crippen molar-refractivity contribution in [2.75, 3.05) is 16.3 Å². The molecule has 27 heavy (non-hydrogen) atoms. The first kappa shape index (κ1) is 15.1. The number of carbonyl (C=O) groups is 1. The summed E-state index contributed by atoms with van der Waals surface area (Å²) in [6, 6.07) is 8.84. The third-order valence-corrected chi connectivity index (χ3v) is 6.45. The van der Waals surface area contributed by atoms with E-state index in [0.29, 0.717) is 6.04 Å². The summed E-state index contributed by atoms with van der Waals surface area (Å²) in [6.45, 7) is 0.796. The minimum atomic E-state index is 0.0277. The third-order valence-electron chi connectivity index (χ3n) is 6.45. The SMILES string of the molecule is O=C([C@@H]1C[C@H]2CC[C@H]1N2c1nccn2cnnc12)N1CCc2ccccc21. The van der Waals surface area contributed by atoms with Crippen LogP contribution in [0, 0.1) is 5.92 Å². The van der Waals surface area contributed by atoms with Crippen LogP contribution in [0.5, 0.6) is 0 Å². The molecule has 0 saturated carbocycles. The molecule has 0 radical (unpaired) electrons. The van der Waals surface area contributed by atoms with Crippen molar-refractivity contribution >= 4 is 23.1 Å². The summed E-state index contributed by atoms with van der Waals surface area (Å²) in [6.07, 6.45) is 9.35. The summed E-state index contributed by atoms with van der Waals surface area (Å²) in [7, 11) is 0. The lowest BCUT2D eigenvalue weighted by Crippen LogP contribution is -2.41. The van der Waals surface area contributed by atoms with Crippen LogP contribution < -0.4 is 9.80 Å². The average molecular weight is 360 g/mol. The summed E-state index contributed by atoms with van der Waals surface area (Å²) in [5, 5.41) is 8.27. The first-order valence-electron chi connectivity index (χ1n) is 9.63. The number of para-hydroxylation sites is 1. The molecule has 3 aliphatic rings. The molecule has 3 atom stereocenters. The second-order valence-electron chi connectivity index (χ2n) is 7.73. The van der Waals surface area contributed by atoms with Crippen molar-refractivity contribution < 1.29 is 4.79 Å². The lowest BCUT2D eigenvalue weighted by atomic mass is 9.88. The molecule has 0 spiro atoms. The molecular weight excluding hydrogens is 340 g/mol. The van der Waals surface area contributed by atoms with Gasteiger partial charge in [-0.2, -0.15) is 0 Å². The Morgan fingerprint density at radius 2 is 2.11 bits per heavy atom. The summed E-state index contributed by atoms with van der Waals surface area (Å²) in [5.41, 5.74) is 3.14. The number of hydrogen-bond acceptors (Lipinski definition) is 5. The number of nitrogens with zero attached hydrogens (tertiary/aromatic N) is 6. The van der Waals surface area contributed by atoms with Gasteiger partial charge in [0.1, 0.15) is 6.33 Å². The minimum Gasteiger partial charge on any atom is -0.347 e. The molecule has 3 aliphatic heterocycles. The first-order valence-corrected chi connectivity index (χ1v) is 9.63. The van der Waals surface area contributed by atoms with Crippen LogP contribution in [-0.2, 0) is 11.2 Å². The Labute approximate surface area is 156 Å². The van der Waals surface area contributed by atoms with Crippen LogP contribution in [-0.4, -0.2) is 44.1 Å². The molecule has 1 amide bonds. The van der Waals surface area contributed by atoms with Gasteiger partial charge in [0.25, 0.3) is 0 Å². The Kier molecular flexibility index (Phi) is 3.09. The molecule has 7 nitrogen and oxygen atoms in total. The fourth-order valence-corrected chi connectivity index (χ4v) is 5.28. The normalized spacial score (nSPS) is 26.1. The fourth-order valence-electron chi connectivity index (χ4n) is 5.28. The van der Waals surface area contributed by atoms with Crippen LogP contribution in [0.15, 0.2) is 43.0 Å². The lowest BCUT2D eigenvalue weighted by molar-refractivity contribution is -0.122. The number of carbonyl (C=O) groups excluding carboxylic acids is 1. The largest absolute Gasteiger partial charge is 0.347 e. The zero-order valence-corrected chi connectivity index (χ0v) is 14.9. The Bertz CT molecular complexity index is 1050. The summed E-state index contributed by atoms with van der Waals surface area (Å²) < 4.78 is 1.90. The Morgan fingerprint density at radius 1 is 1.19 bits per heavy atom. The van der Waals surface area contributed by atoms with E-state index >= 15 is 0 Å². The van der Waals surface area contributed by atoms with E-state index in [0.717, 1.165) is 49.4 Å². The maximum atomic E-state index is 13.4. The molecule has 2 bridgehead atoms. The van der Waals surface area contributed by atoms with Gasteiger partial charge in [-0.25, -0.2) is 4.98 Å². The smallest absolute Gasteiger partial charge is 0.232 e. The van der Waals surface area contributed by atoms with Gasteiger partial charge >= 0.3 is 0 Å². The monoisotopic (exact) mass is 360 g/mol. The average Bonchev–Trinajstić information content (AvgIpc) is 3.48. The fraction of sp³-hybridized carbons (Fsp3) is 0.400. The van der Waals surface area contributed by atoms with Crippen LogP contribution in [0.2, 0.25) is 0 Å². The molecule has 1 aromatic carbocycles. The van der Waals surface area contributed by atoms with Crippen molar-refractivity contribution in [3.05, 3.63) is 48.5 Å². The molecular formula is C20H20N6O. The molecule has 2 aromatic heterocycles. The van der Waals surface area contributed by atoms with Gasteiger partial charge in [0.05, 0.1) is 5.92 Å². The van der Waals surface area contributed by atoms with E-state index in [1.807, 2.05) is 21.6 Å². The highest BCUT2D eigenvalue weighted by Crippen LogP contribution is 2.46. The summed E-state index contributed by atoms with van der Waals surface area (Å²) in [4.78, 5) is 22.4. The van der Waals surface area contributed by atoms with Gasteiger partial charge in [-0.1, -0.05) is 18.2 Å². The Hall–Kier alpha value is -2.96. The van der Waals surface area contributed by atoms with Crippen LogP contribution in [0.4, 0.5) is 11.5 Å². The second-order valence-corrected chi connectivity index (χ2v) is 7.73. The van der Waals surface area contributed by atoms with Gasteiger partial charge in [-0.05, 0) is 37.3 Å². The minimum absolute atomic E-state index is 0.0277. The third kappa shape index (κ3) is 2.08. The zero-order chi connectivity index (χ0) is 18.0. The second kappa shape index (κ2) is 5.52. The molecule has 2 saturated heterocycles. The van der Waals surface area contributed by atoms with Gasteiger partial charge in [0.2, 0.25) is 11.6 Å². The van der Waals surface area contributed by atoms with Crippen molar-refractivity contribution in [2.45, 2.75) is 37.8 Å². The van der Waals surface area contributed by atoms with Crippen LogP contribution in [0.1, 0.15) is 24.8 Å². The number of hydrogen-bond donors (Lipinski definition) is 0. The predicted octanol–water partition coefficient (Wildman–Crippen LogP) is 2.07. The maximum Gasteiger partial charge on any atom is 0.232 e. The van der Waals surface area contributed by atoms with Gasteiger partial charge < -0.3 is 9.80 Å². The number of benzene rings is 1. The summed E-state index contributed by atoms with van der Waals surface area (Å²) in [5.74, 6) is 1.16. The van der Waals surface area contributed by atoms with Gasteiger partial charge in [-0.3, -0.25) is 9.20 Å². The molecule has 0 N–H and O–H groups in total. The van der Waals surface area contributed by atoms with Crippen LogP contribution >= 0.6 is 0 Å². The zero-order valence-electron chi connectivity index (χ0n) is 14.9. The lowest BCUT2D eigenvalue weighted by Gasteiger charge is -2.28. The maximum absolute atomic E-state index is 13.4. The highest BCUT2D eigenvalue weighted by molar-refractivity contribution is 5.98. The van der Waals surface area contributed by atoms with E-state index in [1.165, 1.54) is 5.56 Å². The molecule has 6 rings (SSSR count). The van der Waals surface area contributed by atoms with Crippen molar-refractivity contribution in [3.8, 4) is 0 Å². The Balaban J connectivity index is 1.34. The van der Waals surface area contributed by atoms with Crippen LogP contribution in [0.3, 0.4) is 0 Å². The predicted molar refractivity (Wildman–Crippen MR) is 101 cm³/mol. The first-order chi connectivity index (χ1) is 13.3. The van der Waals surface area contributed by atoms with Crippen molar-refractivity contribution in [1.82, 2.24) is 19.6 Å². The van der Waals surface area contributed by atoms with E-state index in [1.54, 1.807) is 12.5 Å². The highest BCUT2D eigenvalue weighted by Gasteiger charge is 2.51. The Morgan fingerprint density at radius 3 is 3.07 bits per heavy atom. The number of anilines is 2. The molecule has 3 aromatic rings. The van der Waals surface area contributed by atoms with E-state index in [9.17, 15) is 4.79 Å². The topological polar surface area (TPSA) is 66.6 Å². The standard InChI is InChI=1S/C20H20N6O/c27-20(25-9-7-13-3-1-2-4-16(13)25)15-11-14-5-6-17(15)26(14)18-19-23-22-12-24(19)10-8-21-18/h1-4,8,10,12,14-15,17H,5-7,9,11H2/t14-,15-,17-/m1/s1. The van der Waals surface area contributed by atoms with Crippen molar-refractivity contribution in [3.63, 3.8) is 0 Å². The number of aromatic nitrogens is 4. The van der Waals surface area contributed by atoms with E-state index in [-0.39, 0.29) is 17.9 Å². The van der Waals surface area contributed by atoms with E-state index in [2.05, 4.69) is 38.3 Å². The van der Waals surface area contributed by atoms with Crippen LogP contribution in [0.25, 0.3) is 5.65 Å². The molecule has 0 unspecified atom stereocenters. The molecule has 0 aliphatic carbocycles. The molecule has 5 heterocycles. The van der Waals surface area contributed by atoms with Gasteiger partial charge in [0, 0.05) is 36.7 Å². The van der Waals surface area contributed by atoms with Gasteiger partial charge in [0.15, 0.2) is 5.82 Å². The van der Waals surface area contributed by atoms with E-state index < -0.39 is 0 Å². The van der Waals surface area contributed by atoms with Crippen molar-refractivity contribution in [1.29, 1.82) is 0 Å².